The van der Waals surface area contributed by atoms with Crippen molar-refractivity contribution in [3.63, 3.8) is 0 Å². The number of carbonyl (C=O) groups is 1. The van der Waals surface area contributed by atoms with Gasteiger partial charge in [0.05, 0.1) is 23.9 Å². The maximum absolute atomic E-state index is 12.3. The lowest BCUT2D eigenvalue weighted by molar-refractivity contribution is -0.117. The minimum absolute atomic E-state index is 0.00207. The van der Waals surface area contributed by atoms with Crippen LogP contribution in [0.5, 0.6) is 5.75 Å². The molecular weight excluding hydrogens is 350 g/mol. The van der Waals surface area contributed by atoms with Crippen LogP contribution in [-0.2, 0) is 4.79 Å². The summed E-state index contributed by atoms with van der Waals surface area (Å²) in [5, 5.41) is 3.57. The van der Waals surface area contributed by atoms with Crippen molar-refractivity contribution in [2.45, 2.75) is 0 Å². The molecule has 2 heterocycles. The Bertz CT molecular complexity index is 740. The molecule has 142 valence electrons. The Labute approximate surface area is 158 Å². The molecule has 2 aromatic rings. The van der Waals surface area contributed by atoms with Gasteiger partial charge < -0.3 is 15.0 Å². The number of carbonyl (C=O) groups excluding carboxylic acids is 1. The third kappa shape index (κ3) is 5.14. The first kappa shape index (κ1) is 19.0. The fraction of sp³-hybridized carbons (Fsp3) is 0.556. The van der Waals surface area contributed by atoms with Gasteiger partial charge in [-0.1, -0.05) is 11.3 Å². The topological polar surface area (TPSA) is 60.9 Å². The molecule has 1 aliphatic heterocycles. The van der Waals surface area contributed by atoms with Gasteiger partial charge in [-0.05, 0) is 32.3 Å². The van der Waals surface area contributed by atoms with Crippen molar-refractivity contribution >= 4 is 32.6 Å². The van der Waals surface area contributed by atoms with E-state index < -0.39 is 0 Å². The smallest absolute Gasteiger partial charge is 0.240 e. The number of hydrogen-bond donors (Lipinski definition) is 1. The van der Waals surface area contributed by atoms with Gasteiger partial charge >= 0.3 is 0 Å². The van der Waals surface area contributed by atoms with E-state index in [0.717, 1.165) is 55.2 Å². The highest BCUT2D eigenvalue weighted by molar-refractivity contribution is 7.22. The van der Waals surface area contributed by atoms with Gasteiger partial charge in [-0.25, -0.2) is 4.98 Å². The minimum atomic E-state index is -0.00207. The van der Waals surface area contributed by atoms with Gasteiger partial charge in [-0.2, -0.15) is 0 Å². The summed E-state index contributed by atoms with van der Waals surface area (Å²) in [6.07, 6.45) is 0. The number of anilines is 1. The van der Waals surface area contributed by atoms with Crippen LogP contribution in [0.4, 0.5) is 5.13 Å². The molecule has 3 rings (SSSR count). The highest BCUT2D eigenvalue weighted by Crippen LogP contribution is 2.29. The second kappa shape index (κ2) is 8.77. The van der Waals surface area contributed by atoms with E-state index in [2.05, 4.69) is 39.1 Å². The molecule has 1 N–H and O–H groups in total. The number of methoxy groups -OCH3 is 1. The van der Waals surface area contributed by atoms with Crippen LogP contribution < -0.4 is 10.1 Å². The van der Waals surface area contributed by atoms with Crippen LogP contribution in [0, 0.1) is 0 Å². The van der Waals surface area contributed by atoms with Crippen LogP contribution in [0.25, 0.3) is 10.2 Å². The first-order chi connectivity index (χ1) is 12.5. The van der Waals surface area contributed by atoms with E-state index in [1.165, 1.54) is 11.3 Å². The summed E-state index contributed by atoms with van der Waals surface area (Å²) in [5.41, 5.74) is 0.876. The predicted molar refractivity (Wildman–Crippen MR) is 106 cm³/mol. The third-order valence-electron chi connectivity index (χ3n) is 4.54. The lowest BCUT2D eigenvalue weighted by atomic mass is 10.3. The van der Waals surface area contributed by atoms with Crippen LogP contribution in [0.1, 0.15) is 0 Å². The van der Waals surface area contributed by atoms with Gasteiger partial charge in [-0.15, -0.1) is 0 Å². The van der Waals surface area contributed by atoms with E-state index in [1.54, 1.807) is 7.11 Å². The Morgan fingerprint density at radius 2 is 2.00 bits per heavy atom. The molecule has 1 aliphatic rings. The van der Waals surface area contributed by atoms with E-state index in [4.69, 9.17) is 4.74 Å². The Hall–Kier alpha value is -1.74. The maximum atomic E-state index is 12.3. The summed E-state index contributed by atoms with van der Waals surface area (Å²) < 4.78 is 6.24. The Morgan fingerprint density at radius 3 is 2.69 bits per heavy atom. The molecule has 0 saturated carbocycles. The van der Waals surface area contributed by atoms with E-state index in [0.29, 0.717) is 11.7 Å². The summed E-state index contributed by atoms with van der Waals surface area (Å²) in [7, 11) is 5.84. The van der Waals surface area contributed by atoms with Crippen molar-refractivity contribution in [2.75, 3.05) is 72.3 Å². The number of hydrogen-bond acceptors (Lipinski definition) is 7. The molecule has 0 aliphatic carbocycles. The van der Waals surface area contributed by atoms with Crippen molar-refractivity contribution in [1.29, 1.82) is 0 Å². The minimum Gasteiger partial charge on any atom is -0.497 e. The van der Waals surface area contributed by atoms with Gasteiger partial charge in [0, 0.05) is 39.3 Å². The Kier molecular flexibility index (Phi) is 6.42. The number of fused-ring (bicyclic) bond motifs is 1. The van der Waals surface area contributed by atoms with Gasteiger partial charge in [0.25, 0.3) is 0 Å². The largest absolute Gasteiger partial charge is 0.497 e. The van der Waals surface area contributed by atoms with Crippen molar-refractivity contribution in [1.82, 2.24) is 19.7 Å². The molecule has 1 aromatic carbocycles. The number of rotatable bonds is 7. The SMILES string of the molecule is COc1ccc2nc(NC(=O)CN3CCN(CCN(C)C)CC3)sc2c1. The molecular formula is C18H27N5O2S. The number of nitrogens with one attached hydrogen (secondary N) is 1. The quantitative estimate of drug-likeness (QED) is 0.788. The normalized spacial score (nSPS) is 16.3. The van der Waals surface area contributed by atoms with Crippen molar-refractivity contribution in [3.8, 4) is 5.75 Å². The van der Waals surface area contributed by atoms with Crippen LogP contribution >= 0.6 is 11.3 Å². The zero-order chi connectivity index (χ0) is 18.5. The molecule has 0 atom stereocenters. The Morgan fingerprint density at radius 1 is 1.27 bits per heavy atom. The van der Waals surface area contributed by atoms with Crippen molar-refractivity contribution in [2.24, 2.45) is 0 Å². The summed E-state index contributed by atoms with van der Waals surface area (Å²) in [4.78, 5) is 23.7. The second-order valence-corrected chi connectivity index (χ2v) is 7.85. The molecule has 7 nitrogen and oxygen atoms in total. The number of ether oxygens (including phenoxy) is 1. The number of likely N-dealkylation sites (N-methyl/N-ethyl adjacent to an activating group) is 1. The molecule has 26 heavy (non-hydrogen) atoms. The summed E-state index contributed by atoms with van der Waals surface area (Å²) in [6.45, 7) is 6.46. The van der Waals surface area contributed by atoms with Crippen LogP contribution in [0.15, 0.2) is 18.2 Å². The Balaban J connectivity index is 1.47. The van der Waals surface area contributed by atoms with E-state index in [1.807, 2.05) is 18.2 Å². The highest BCUT2D eigenvalue weighted by atomic mass is 32.1. The average molecular weight is 378 g/mol. The lowest BCUT2D eigenvalue weighted by Gasteiger charge is -2.34. The summed E-state index contributed by atoms with van der Waals surface area (Å²) in [6, 6.07) is 5.73. The number of piperazine rings is 1. The molecule has 0 spiro atoms. The van der Waals surface area contributed by atoms with Crippen LogP contribution in [0.3, 0.4) is 0 Å². The summed E-state index contributed by atoms with van der Waals surface area (Å²) in [5.74, 6) is 0.795. The van der Waals surface area contributed by atoms with E-state index >= 15 is 0 Å². The number of thiazole rings is 1. The first-order valence-corrected chi connectivity index (χ1v) is 9.69. The molecule has 1 saturated heterocycles. The number of benzene rings is 1. The fourth-order valence-corrected chi connectivity index (χ4v) is 3.87. The van der Waals surface area contributed by atoms with E-state index in [-0.39, 0.29) is 5.91 Å². The molecule has 1 fully saturated rings. The molecule has 0 bridgehead atoms. The van der Waals surface area contributed by atoms with Gasteiger partial charge in [0.1, 0.15) is 5.75 Å². The van der Waals surface area contributed by atoms with Gasteiger partial charge in [0.15, 0.2) is 5.13 Å². The molecule has 1 amide bonds. The van der Waals surface area contributed by atoms with E-state index in [9.17, 15) is 4.79 Å². The molecule has 0 unspecified atom stereocenters. The monoisotopic (exact) mass is 377 g/mol. The van der Waals surface area contributed by atoms with Crippen molar-refractivity contribution < 1.29 is 9.53 Å². The zero-order valence-electron chi connectivity index (χ0n) is 15.7. The first-order valence-electron chi connectivity index (χ1n) is 8.87. The average Bonchev–Trinajstić information content (AvgIpc) is 3.02. The fourth-order valence-electron chi connectivity index (χ4n) is 2.96. The van der Waals surface area contributed by atoms with Crippen molar-refractivity contribution in [3.05, 3.63) is 18.2 Å². The third-order valence-corrected chi connectivity index (χ3v) is 5.47. The van der Waals surface area contributed by atoms with Crippen LogP contribution in [0.2, 0.25) is 0 Å². The lowest BCUT2D eigenvalue weighted by Crippen LogP contribution is -2.49. The highest BCUT2D eigenvalue weighted by Gasteiger charge is 2.19. The zero-order valence-corrected chi connectivity index (χ0v) is 16.5. The molecule has 1 aromatic heterocycles. The summed E-state index contributed by atoms with van der Waals surface area (Å²) >= 11 is 1.47. The number of aromatic nitrogens is 1. The predicted octanol–water partition coefficient (Wildman–Crippen LogP) is 1.42. The maximum Gasteiger partial charge on any atom is 0.240 e. The number of nitrogens with zero attached hydrogens (tertiary/aromatic N) is 4. The molecule has 0 radical (unpaired) electrons. The van der Waals surface area contributed by atoms with Crippen LogP contribution in [-0.4, -0.2) is 92.6 Å². The van der Waals surface area contributed by atoms with Gasteiger partial charge in [0.2, 0.25) is 5.91 Å². The second-order valence-electron chi connectivity index (χ2n) is 6.82. The van der Waals surface area contributed by atoms with Gasteiger partial charge in [-0.3, -0.25) is 14.6 Å². The standard InChI is InChI=1S/C18H27N5O2S/c1-21(2)6-7-22-8-10-23(11-9-22)13-17(24)20-18-19-15-5-4-14(25-3)12-16(15)26-18/h4-5,12H,6-11,13H2,1-3H3,(H,19,20,24). The number of amides is 1. The molecule has 8 heteroatoms.